The highest BCUT2D eigenvalue weighted by Crippen LogP contribution is 2.32. The van der Waals surface area contributed by atoms with Gasteiger partial charge in [-0.2, -0.15) is 0 Å². The molecular formula is C12H10BrN3O. The second kappa shape index (κ2) is 3.63. The largest absolute Gasteiger partial charge is 0.367 e. The van der Waals surface area contributed by atoms with Gasteiger partial charge in [0.05, 0.1) is 11.8 Å². The van der Waals surface area contributed by atoms with Gasteiger partial charge in [0.1, 0.15) is 0 Å². The van der Waals surface area contributed by atoms with Crippen molar-refractivity contribution in [1.82, 2.24) is 9.72 Å². The molecule has 2 heterocycles. The van der Waals surface area contributed by atoms with E-state index in [9.17, 15) is 0 Å². The van der Waals surface area contributed by atoms with E-state index in [1.54, 1.807) is 6.20 Å². The number of benzene rings is 1. The van der Waals surface area contributed by atoms with E-state index in [-0.39, 0.29) is 0 Å². The van der Waals surface area contributed by atoms with Crippen LogP contribution < -0.4 is 5.73 Å². The molecule has 0 bridgehead atoms. The fraction of sp³-hybridized carbons (Fsp3) is 0.0833. The Morgan fingerprint density at radius 3 is 2.94 bits per heavy atom. The minimum absolute atomic E-state index is 0.344. The maximum absolute atomic E-state index is 5.71. The van der Waals surface area contributed by atoms with E-state index in [2.05, 4.69) is 37.8 Å². The Kier molecular flexibility index (Phi) is 2.22. The molecule has 5 heteroatoms. The van der Waals surface area contributed by atoms with Gasteiger partial charge in [-0.3, -0.25) is 0 Å². The van der Waals surface area contributed by atoms with Crippen LogP contribution in [-0.2, 0) is 7.05 Å². The van der Waals surface area contributed by atoms with Gasteiger partial charge in [-0.25, -0.2) is 0 Å². The second-order valence-electron chi connectivity index (χ2n) is 3.92. The first-order valence-electron chi connectivity index (χ1n) is 5.12. The molecule has 17 heavy (non-hydrogen) atoms. The second-order valence-corrected chi connectivity index (χ2v) is 4.78. The number of aryl methyl sites for hydroxylation is 1. The standard InChI is InChI=1S/C12H10BrN3O/c1-16-6-10(13)8-4-7(2-3-11(8)16)9-5-15-17-12(9)14/h2-6H,14H2,1H3. The van der Waals surface area contributed by atoms with E-state index in [1.165, 1.54) is 0 Å². The van der Waals surface area contributed by atoms with Crippen LogP contribution in [-0.4, -0.2) is 9.72 Å². The minimum atomic E-state index is 0.344. The molecule has 2 aromatic heterocycles. The number of nitrogen functional groups attached to an aromatic ring is 1. The van der Waals surface area contributed by atoms with Crippen molar-refractivity contribution in [2.75, 3.05) is 5.73 Å². The molecular weight excluding hydrogens is 282 g/mol. The monoisotopic (exact) mass is 291 g/mol. The molecule has 0 aliphatic rings. The van der Waals surface area contributed by atoms with Crippen LogP contribution >= 0.6 is 15.9 Å². The Hall–Kier alpha value is -1.75. The summed E-state index contributed by atoms with van der Waals surface area (Å²) in [6.45, 7) is 0. The zero-order chi connectivity index (χ0) is 12.0. The molecule has 1 aromatic carbocycles. The summed E-state index contributed by atoms with van der Waals surface area (Å²) in [4.78, 5) is 0. The van der Waals surface area contributed by atoms with Crippen LogP contribution in [0.1, 0.15) is 0 Å². The van der Waals surface area contributed by atoms with Crippen molar-refractivity contribution >= 4 is 32.7 Å². The molecule has 4 nitrogen and oxygen atoms in total. The Bertz CT molecular complexity index is 699. The quantitative estimate of drug-likeness (QED) is 0.749. The third-order valence-electron chi connectivity index (χ3n) is 2.85. The van der Waals surface area contributed by atoms with Gasteiger partial charge in [-0.15, -0.1) is 0 Å². The normalized spacial score (nSPS) is 11.2. The number of halogens is 1. The predicted molar refractivity (Wildman–Crippen MR) is 70.5 cm³/mol. The first kappa shape index (κ1) is 10.4. The highest BCUT2D eigenvalue weighted by molar-refractivity contribution is 9.10. The summed E-state index contributed by atoms with van der Waals surface area (Å²) >= 11 is 3.54. The number of hydrogen-bond donors (Lipinski definition) is 1. The maximum Gasteiger partial charge on any atom is 0.229 e. The van der Waals surface area contributed by atoms with Crippen LogP contribution in [0.2, 0.25) is 0 Å². The first-order chi connectivity index (χ1) is 8.16. The summed E-state index contributed by atoms with van der Waals surface area (Å²) in [5.74, 6) is 0.344. The fourth-order valence-corrected chi connectivity index (χ4v) is 2.60. The van der Waals surface area contributed by atoms with Crippen LogP contribution in [0.5, 0.6) is 0 Å². The molecule has 0 fully saturated rings. The molecule has 0 spiro atoms. The van der Waals surface area contributed by atoms with Crippen molar-refractivity contribution < 1.29 is 4.52 Å². The molecule has 0 atom stereocenters. The van der Waals surface area contributed by atoms with Gasteiger partial charge in [0, 0.05) is 28.6 Å². The summed E-state index contributed by atoms with van der Waals surface area (Å²) in [5.41, 5.74) is 8.70. The number of rotatable bonds is 1. The maximum atomic E-state index is 5.71. The van der Waals surface area contributed by atoms with Gasteiger partial charge in [0.15, 0.2) is 0 Å². The van der Waals surface area contributed by atoms with E-state index in [0.717, 1.165) is 26.5 Å². The molecule has 3 aromatic rings. The lowest BCUT2D eigenvalue weighted by Gasteiger charge is -2.00. The number of nitrogens with two attached hydrogens (primary N) is 1. The topological polar surface area (TPSA) is 57.0 Å². The molecule has 0 radical (unpaired) electrons. The Morgan fingerprint density at radius 2 is 2.24 bits per heavy atom. The fourth-order valence-electron chi connectivity index (χ4n) is 1.98. The van der Waals surface area contributed by atoms with Crippen LogP contribution in [0.3, 0.4) is 0 Å². The van der Waals surface area contributed by atoms with Gasteiger partial charge in [0.25, 0.3) is 0 Å². The molecule has 0 saturated heterocycles. The zero-order valence-corrected chi connectivity index (χ0v) is 10.7. The Morgan fingerprint density at radius 1 is 1.41 bits per heavy atom. The molecule has 2 N–H and O–H groups in total. The number of nitrogens with zero attached hydrogens (tertiary/aromatic N) is 2. The molecule has 3 rings (SSSR count). The van der Waals surface area contributed by atoms with Crippen molar-refractivity contribution in [1.29, 1.82) is 0 Å². The summed E-state index contributed by atoms with van der Waals surface area (Å²) in [6, 6.07) is 6.14. The minimum Gasteiger partial charge on any atom is -0.367 e. The molecule has 0 aliphatic carbocycles. The van der Waals surface area contributed by atoms with E-state index in [1.807, 2.05) is 19.3 Å². The van der Waals surface area contributed by atoms with Crippen molar-refractivity contribution in [2.24, 2.45) is 7.05 Å². The van der Waals surface area contributed by atoms with Crippen LogP contribution in [0, 0.1) is 0 Å². The van der Waals surface area contributed by atoms with E-state index < -0.39 is 0 Å². The van der Waals surface area contributed by atoms with Crippen LogP contribution in [0.15, 0.2) is 39.6 Å². The summed E-state index contributed by atoms with van der Waals surface area (Å²) < 4.78 is 8.01. The molecule has 86 valence electrons. The van der Waals surface area contributed by atoms with Gasteiger partial charge in [-0.1, -0.05) is 11.2 Å². The van der Waals surface area contributed by atoms with Gasteiger partial charge in [-0.05, 0) is 33.6 Å². The third-order valence-corrected chi connectivity index (χ3v) is 3.48. The highest BCUT2D eigenvalue weighted by Gasteiger charge is 2.10. The van der Waals surface area contributed by atoms with Gasteiger partial charge < -0.3 is 14.8 Å². The molecule has 0 amide bonds. The van der Waals surface area contributed by atoms with Crippen molar-refractivity contribution in [3.63, 3.8) is 0 Å². The molecule has 0 unspecified atom stereocenters. The first-order valence-corrected chi connectivity index (χ1v) is 5.91. The SMILES string of the molecule is Cn1cc(Br)c2cc(-c3cnoc3N)ccc21. The van der Waals surface area contributed by atoms with Crippen molar-refractivity contribution in [3.8, 4) is 11.1 Å². The summed E-state index contributed by atoms with van der Waals surface area (Å²) in [6.07, 6.45) is 3.67. The average Bonchev–Trinajstić information content (AvgIpc) is 2.84. The Balaban J connectivity index is 2.27. The van der Waals surface area contributed by atoms with Gasteiger partial charge in [0.2, 0.25) is 5.88 Å². The van der Waals surface area contributed by atoms with Crippen LogP contribution in [0.25, 0.3) is 22.0 Å². The Labute approximate surface area is 106 Å². The lowest BCUT2D eigenvalue weighted by Crippen LogP contribution is -1.86. The predicted octanol–water partition coefficient (Wildman–Crippen LogP) is 3.18. The number of hydrogen-bond acceptors (Lipinski definition) is 3. The summed E-state index contributed by atoms with van der Waals surface area (Å²) in [7, 11) is 2.01. The van der Waals surface area contributed by atoms with Gasteiger partial charge >= 0.3 is 0 Å². The van der Waals surface area contributed by atoms with Crippen LogP contribution in [0.4, 0.5) is 5.88 Å². The lowest BCUT2D eigenvalue weighted by molar-refractivity contribution is 0.436. The summed E-state index contributed by atoms with van der Waals surface area (Å²) in [5, 5.41) is 4.83. The highest BCUT2D eigenvalue weighted by atomic mass is 79.9. The van der Waals surface area contributed by atoms with Crippen molar-refractivity contribution in [3.05, 3.63) is 35.1 Å². The average molecular weight is 292 g/mol. The van der Waals surface area contributed by atoms with E-state index >= 15 is 0 Å². The number of fused-ring (bicyclic) bond motifs is 1. The molecule has 0 saturated carbocycles. The smallest absolute Gasteiger partial charge is 0.229 e. The number of anilines is 1. The van der Waals surface area contributed by atoms with E-state index in [0.29, 0.717) is 5.88 Å². The number of aromatic nitrogens is 2. The zero-order valence-electron chi connectivity index (χ0n) is 9.14. The lowest BCUT2D eigenvalue weighted by atomic mass is 10.1. The molecule has 0 aliphatic heterocycles. The van der Waals surface area contributed by atoms with Crippen molar-refractivity contribution in [2.45, 2.75) is 0 Å². The van der Waals surface area contributed by atoms with E-state index in [4.69, 9.17) is 10.3 Å². The third kappa shape index (κ3) is 1.54.